The van der Waals surface area contributed by atoms with Crippen LogP contribution in [-0.2, 0) is 53.7 Å². The molecule has 0 amide bonds. The molecule has 0 atom stereocenters. The van der Waals surface area contributed by atoms with Crippen LogP contribution in [0, 0.1) is 70.1 Å². The minimum Gasteiger partial charge on any atom is -0.201 e. The highest BCUT2D eigenvalue weighted by Gasteiger charge is 2.23. The lowest BCUT2D eigenvalue weighted by Crippen LogP contribution is -2.32. The molecule has 4 heterocycles. The van der Waals surface area contributed by atoms with Crippen LogP contribution in [0.1, 0.15) is 159 Å². The highest BCUT2D eigenvalue weighted by Crippen LogP contribution is 2.30. The second kappa shape index (κ2) is 26.6. The molecule has 0 unspecified atom stereocenters. The van der Waals surface area contributed by atoms with E-state index in [9.17, 15) is 0 Å². The Labute approximate surface area is 496 Å². The zero-order chi connectivity index (χ0) is 68.5. The Morgan fingerprint density at radius 1 is 0.342 bits per heavy atom. The van der Waals surface area contributed by atoms with Crippen molar-refractivity contribution in [2.45, 2.75) is 157 Å². The van der Waals surface area contributed by atoms with Gasteiger partial charge in [-0.1, -0.05) is 155 Å². The summed E-state index contributed by atoms with van der Waals surface area (Å²) in [6, 6.07) is 41.8. The summed E-state index contributed by atoms with van der Waals surface area (Å²) in [5.74, 6) is 0. The van der Waals surface area contributed by atoms with Crippen molar-refractivity contribution < 1.29 is 33.3 Å². The maximum Gasteiger partial charge on any atom is 0.212 e. The SMILES string of the molecule is [2H]C([2H])([2H])c1ccc(-c2cc(C)c(C([2H])([2H])C(C)(C)C)c[n+]2C)c(C)c1.[2H]C([2H])(c1c[n+](C)c(-c2ccccc2C)cc1C)C(C)(C)C.[2H]C([2H])(c1cc[n+](C)c(-c2ccccc2C)c1)C(C)(C)C.[2H]C([2H])(c1ccc(-c2ccccc2C)[n+](C)c1)C(C)(C)C. The molecular formula is C75H102N4+4. The average Bonchev–Trinajstić information content (AvgIpc) is 0.984. The molecule has 0 N–H and O–H groups in total. The van der Waals surface area contributed by atoms with Gasteiger partial charge in [-0.2, -0.15) is 0 Å². The molecule has 8 aromatic rings. The van der Waals surface area contributed by atoms with Crippen molar-refractivity contribution >= 4 is 0 Å². The Morgan fingerprint density at radius 2 is 0.722 bits per heavy atom. The van der Waals surface area contributed by atoms with E-state index in [-0.39, 0.29) is 0 Å². The first kappa shape index (κ1) is 48.4. The van der Waals surface area contributed by atoms with Crippen LogP contribution in [-0.4, -0.2) is 0 Å². The first-order chi connectivity index (χ1) is 41.0. The predicted molar refractivity (Wildman–Crippen MR) is 338 cm³/mol. The molecule has 0 radical (unpaired) electrons. The van der Waals surface area contributed by atoms with Gasteiger partial charge in [-0.25, -0.2) is 18.3 Å². The number of pyridine rings is 4. The third-order valence-electron chi connectivity index (χ3n) is 13.1. The number of hydrogen-bond donors (Lipinski definition) is 0. The summed E-state index contributed by atoms with van der Waals surface area (Å²) in [6.07, 6.45) is 2.07. The van der Waals surface area contributed by atoms with Crippen molar-refractivity contribution in [1.82, 2.24) is 0 Å². The molecule has 0 saturated heterocycles. The monoisotopic (exact) mass is 1070 g/mol. The summed E-state index contributed by atoms with van der Waals surface area (Å²) < 4.78 is 98.6. The number of benzene rings is 4. The smallest absolute Gasteiger partial charge is 0.201 e. The van der Waals surface area contributed by atoms with Gasteiger partial charge in [-0.15, -0.1) is 0 Å². The van der Waals surface area contributed by atoms with Crippen LogP contribution in [0.4, 0.5) is 0 Å². The van der Waals surface area contributed by atoms with Gasteiger partial charge in [0.25, 0.3) is 0 Å². The van der Waals surface area contributed by atoms with Gasteiger partial charge in [0.1, 0.15) is 28.2 Å². The molecule has 79 heavy (non-hydrogen) atoms. The molecule has 0 bridgehead atoms. The molecule has 0 spiro atoms. The third kappa shape index (κ3) is 19.4. The van der Waals surface area contributed by atoms with Crippen LogP contribution < -0.4 is 18.3 Å². The highest BCUT2D eigenvalue weighted by molar-refractivity contribution is 5.64. The summed E-state index contributed by atoms with van der Waals surface area (Å²) in [5, 5.41) is 0. The van der Waals surface area contributed by atoms with Gasteiger partial charge in [-0.3, -0.25) is 0 Å². The zero-order valence-corrected chi connectivity index (χ0v) is 52.2. The summed E-state index contributed by atoms with van der Waals surface area (Å²) in [7, 11) is 7.86. The van der Waals surface area contributed by atoms with Crippen molar-refractivity contribution in [3.8, 4) is 45.0 Å². The molecule has 8 rings (SSSR count). The van der Waals surface area contributed by atoms with Gasteiger partial charge < -0.3 is 0 Å². The lowest BCUT2D eigenvalue weighted by Gasteiger charge is -2.19. The van der Waals surface area contributed by atoms with Crippen LogP contribution in [0.15, 0.2) is 152 Å². The fourth-order valence-corrected chi connectivity index (χ4v) is 9.38. The molecule has 0 saturated carbocycles. The third-order valence-corrected chi connectivity index (χ3v) is 13.1. The quantitative estimate of drug-likeness (QED) is 0.135. The second-order valence-corrected chi connectivity index (χ2v) is 25.5. The van der Waals surface area contributed by atoms with Crippen molar-refractivity contribution in [2.75, 3.05) is 0 Å². The van der Waals surface area contributed by atoms with E-state index in [1.165, 1.54) is 27.8 Å². The van der Waals surface area contributed by atoms with E-state index < -0.39 is 54.0 Å². The number of nitrogens with zero attached hydrogens (tertiary/aromatic N) is 4. The van der Waals surface area contributed by atoms with E-state index in [1.807, 2.05) is 248 Å². The van der Waals surface area contributed by atoms with E-state index in [4.69, 9.17) is 15.1 Å². The Kier molecular flexibility index (Phi) is 16.3. The minimum absolute atomic E-state index is 0.332. The Hall–Kier alpha value is -6.52. The number of aryl methyl sites for hydroxylation is 11. The van der Waals surface area contributed by atoms with E-state index in [2.05, 4.69) is 63.2 Å². The van der Waals surface area contributed by atoms with Crippen LogP contribution in [0.2, 0.25) is 0 Å². The van der Waals surface area contributed by atoms with Crippen molar-refractivity contribution in [3.05, 3.63) is 213 Å². The van der Waals surface area contributed by atoms with Crippen LogP contribution in [0.3, 0.4) is 0 Å². The van der Waals surface area contributed by atoms with Crippen LogP contribution in [0.25, 0.3) is 45.0 Å². The maximum absolute atomic E-state index is 8.56. The molecule has 0 fully saturated rings. The molecule has 0 aliphatic heterocycles. The summed E-state index contributed by atoms with van der Waals surface area (Å²) in [6.45, 7) is 33.1. The average molecular weight is 1070 g/mol. The standard InChI is InChI=1S/C20H28N.C19H26N.2C18H24N/c1-14-8-9-18(16(3)10-14)19-11-15(2)17(13-21(19)7)12-20(4,5)6;1-14-9-7-8-10-17(14)18-11-15(2)16(13-20(18)6)12-19(3,4)5;1-14-8-6-7-9-16(14)17-12-15(10-11-19(17)5)13-18(2,3)4;1-14-8-6-7-9-16(14)17-11-10-15(13-19(17)5)12-18(2,3)4/h8-11,13H,12H2,1-7H3;7-11,13H,12H2,1-6H3;6-12H,13H2,1-5H3;6-11,13H,12H2,1-5H3/q4*+1/i1D3,12D2;12D2;13D2;12D2. The predicted octanol–water partition coefficient (Wildman–Crippen LogP) is 17.2. The minimum atomic E-state index is -2.12. The normalized spacial score (nSPS) is 14.6. The van der Waals surface area contributed by atoms with E-state index >= 15 is 0 Å². The molecule has 4 aromatic carbocycles. The maximum atomic E-state index is 8.56. The van der Waals surface area contributed by atoms with Gasteiger partial charge in [-0.05, 0) is 165 Å². The highest BCUT2D eigenvalue weighted by atomic mass is 14.9. The van der Waals surface area contributed by atoms with Gasteiger partial charge in [0, 0.05) is 84.4 Å². The van der Waals surface area contributed by atoms with Crippen molar-refractivity contribution in [3.63, 3.8) is 0 Å². The summed E-state index contributed by atoms with van der Waals surface area (Å²) >= 11 is 0. The molecule has 0 aliphatic carbocycles. The van der Waals surface area contributed by atoms with Gasteiger partial charge >= 0.3 is 0 Å². The van der Waals surface area contributed by atoms with Gasteiger partial charge in [0.2, 0.25) is 22.8 Å². The van der Waals surface area contributed by atoms with E-state index in [1.54, 1.807) is 12.1 Å². The van der Waals surface area contributed by atoms with E-state index in [0.29, 0.717) is 11.1 Å². The molecule has 418 valence electrons. The number of rotatable bonds is 8. The fourth-order valence-electron chi connectivity index (χ4n) is 9.38. The van der Waals surface area contributed by atoms with Crippen molar-refractivity contribution in [1.29, 1.82) is 0 Å². The first-order valence-electron chi connectivity index (χ1n) is 33.3. The fraction of sp³-hybridized carbons (Fsp3) is 0.413. The summed E-state index contributed by atoms with van der Waals surface area (Å²) in [5.41, 5.74) is 16.4. The molecule has 4 nitrogen and oxygen atoms in total. The zero-order valence-electron chi connectivity index (χ0n) is 63.2. The van der Waals surface area contributed by atoms with Gasteiger partial charge in [0.05, 0.1) is 0 Å². The first-order valence-corrected chi connectivity index (χ1v) is 27.8. The van der Waals surface area contributed by atoms with Gasteiger partial charge in [0.15, 0.2) is 24.8 Å². The lowest BCUT2D eigenvalue weighted by atomic mass is 9.87. The Bertz CT molecular complexity index is 3830. The lowest BCUT2D eigenvalue weighted by molar-refractivity contribution is -0.661. The molecular weight excluding hydrogens is 957 g/mol. The number of hydrogen-bond acceptors (Lipinski definition) is 0. The number of aromatic nitrogens is 4. The largest absolute Gasteiger partial charge is 0.212 e. The van der Waals surface area contributed by atoms with Crippen LogP contribution in [0.5, 0.6) is 0 Å². The molecule has 4 aromatic heterocycles. The molecule has 0 aliphatic rings. The Morgan fingerprint density at radius 3 is 1.11 bits per heavy atom. The Balaban J connectivity index is 0.000000219. The van der Waals surface area contributed by atoms with Crippen molar-refractivity contribution in [2.24, 2.45) is 49.9 Å². The topological polar surface area (TPSA) is 15.5 Å². The summed E-state index contributed by atoms with van der Waals surface area (Å²) in [4.78, 5) is 0. The molecule has 4 heteroatoms. The van der Waals surface area contributed by atoms with E-state index in [0.717, 1.165) is 67.3 Å². The van der Waals surface area contributed by atoms with Crippen LogP contribution >= 0.6 is 0 Å². The second-order valence-electron chi connectivity index (χ2n) is 25.5.